The lowest BCUT2D eigenvalue weighted by atomic mass is 9.72. The SMILES string of the molecule is C=C/C=C(\C(=C)C)[C@@H]1COC(=O)N1C(=O)[C@@H]1CN(C(=O)C(C=NCc2ccc(F)cc2)=CN)CC12CNC2. The van der Waals surface area contributed by atoms with Gasteiger partial charge in [0.05, 0.1) is 18.0 Å². The standard InChI is InChI=1S/C28H32FN5O4/c1-4-5-22(18(2)3)24-14-38-27(37)34(24)26(36)23-13-33(17-28(23)15-32-16-28)25(35)20(10-30)12-31-11-19-6-8-21(29)9-7-19/h4-10,12,23-24,32H,1-2,11,13-17,30H2,3H3/b20-10?,22-5+,31-12?/t23-,24-/m0/s1. The molecule has 0 aliphatic carbocycles. The van der Waals surface area contributed by atoms with Crippen molar-refractivity contribution in [3.63, 3.8) is 0 Å². The van der Waals surface area contributed by atoms with Crippen LogP contribution in [-0.2, 0) is 20.9 Å². The second-order valence-corrected chi connectivity index (χ2v) is 9.86. The van der Waals surface area contributed by atoms with Crippen molar-refractivity contribution in [1.29, 1.82) is 0 Å². The molecule has 3 aliphatic rings. The van der Waals surface area contributed by atoms with E-state index in [0.717, 1.165) is 10.5 Å². The van der Waals surface area contributed by atoms with E-state index in [2.05, 4.69) is 23.5 Å². The number of nitrogens with zero attached hydrogens (tertiary/aromatic N) is 3. The van der Waals surface area contributed by atoms with E-state index in [1.54, 1.807) is 36.1 Å². The molecule has 4 rings (SSSR count). The van der Waals surface area contributed by atoms with Gasteiger partial charge in [0, 0.05) is 44.0 Å². The molecule has 3 saturated heterocycles. The van der Waals surface area contributed by atoms with E-state index < -0.39 is 23.5 Å². The van der Waals surface area contributed by atoms with E-state index in [1.165, 1.54) is 24.5 Å². The van der Waals surface area contributed by atoms with Crippen LogP contribution in [0.3, 0.4) is 0 Å². The smallest absolute Gasteiger partial charge is 0.417 e. The number of ether oxygens (including phenoxy) is 1. The van der Waals surface area contributed by atoms with Gasteiger partial charge in [0.1, 0.15) is 18.5 Å². The van der Waals surface area contributed by atoms with Crippen molar-refractivity contribution in [2.45, 2.75) is 19.5 Å². The van der Waals surface area contributed by atoms with Crippen LogP contribution in [-0.4, -0.2) is 72.7 Å². The number of amides is 3. The number of hydrogen-bond donors (Lipinski definition) is 2. The van der Waals surface area contributed by atoms with Gasteiger partial charge in [0.15, 0.2) is 0 Å². The van der Waals surface area contributed by atoms with Gasteiger partial charge >= 0.3 is 6.09 Å². The van der Waals surface area contributed by atoms with Crippen molar-refractivity contribution < 1.29 is 23.5 Å². The van der Waals surface area contributed by atoms with Gasteiger partial charge in [-0.25, -0.2) is 14.1 Å². The molecule has 0 aromatic heterocycles. The van der Waals surface area contributed by atoms with Crippen molar-refractivity contribution in [2.75, 3.05) is 32.8 Å². The van der Waals surface area contributed by atoms with Crippen LogP contribution in [0.5, 0.6) is 0 Å². The lowest BCUT2D eigenvalue weighted by Crippen LogP contribution is -2.61. The molecule has 0 radical (unpaired) electrons. The molecular formula is C28H32FN5O4. The van der Waals surface area contributed by atoms with Gasteiger partial charge < -0.3 is 20.7 Å². The summed E-state index contributed by atoms with van der Waals surface area (Å²) in [6.07, 6.45) is 5.17. The number of rotatable bonds is 8. The number of cyclic esters (lactones) is 1. The van der Waals surface area contributed by atoms with E-state index in [9.17, 15) is 18.8 Å². The van der Waals surface area contributed by atoms with Crippen molar-refractivity contribution in [2.24, 2.45) is 22.1 Å². The fourth-order valence-electron chi connectivity index (χ4n) is 5.19. The number of nitrogens with two attached hydrogens (primary N) is 1. The minimum atomic E-state index is -0.709. The van der Waals surface area contributed by atoms with Crippen LogP contribution < -0.4 is 11.1 Å². The normalized spacial score (nSPS) is 23.1. The van der Waals surface area contributed by atoms with Gasteiger partial charge in [-0.3, -0.25) is 14.6 Å². The first-order valence-corrected chi connectivity index (χ1v) is 12.3. The molecule has 1 spiro atoms. The molecule has 0 saturated carbocycles. The molecule has 9 nitrogen and oxygen atoms in total. The molecular weight excluding hydrogens is 489 g/mol. The number of carbonyl (C=O) groups excluding carboxylic acids is 3. The summed E-state index contributed by atoms with van der Waals surface area (Å²) in [5.74, 6) is -1.68. The Morgan fingerprint density at radius 2 is 2.03 bits per heavy atom. The second-order valence-electron chi connectivity index (χ2n) is 9.86. The van der Waals surface area contributed by atoms with Gasteiger partial charge in [-0.15, -0.1) is 0 Å². The molecule has 3 fully saturated rings. The molecule has 200 valence electrons. The van der Waals surface area contributed by atoms with Crippen LogP contribution in [0.1, 0.15) is 12.5 Å². The van der Waals surface area contributed by atoms with Gasteiger partial charge in [0.2, 0.25) is 5.91 Å². The average Bonchev–Trinajstić information content (AvgIpc) is 3.47. The van der Waals surface area contributed by atoms with Crippen LogP contribution in [0, 0.1) is 17.2 Å². The highest BCUT2D eigenvalue weighted by molar-refractivity contribution is 6.12. The number of likely N-dealkylation sites (tertiary alicyclic amines) is 1. The van der Waals surface area contributed by atoms with Crippen LogP contribution >= 0.6 is 0 Å². The van der Waals surface area contributed by atoms with Crippen molar-refractivity contribution >= 4 is 24.1 Å². The third-order valence-electron chi connectivity index (χ3n) is 7.29. The van der Waals surface area contributed by atoms with Crippen molar-refractivity contribution in [1.82, 2.24) is 15.1 Å². The van der Waals surface area contributed by atoms with Crippen LogP contribution in [0.2, 0.25) is 0 Å². The fourth-order valence-corrected chi connectivity index (χ4v) is 5.19. The van der Waals surface area contributed by atoms with Crippen LogP contribution in [0.15, 0.2) is 77.5 Å². The molecule has 3 N–H and O–H groups in total. The number of benzene rings is 1. The largest absolute Gasteiger partial charge is 0.446 e. The highest BCUT2D eigenvalue weighted by Gasteiger charge is 2.57. The van der Waals surface area contributed by atoms with E-state index in [0.29, 0.717) is 30.8 Å². The van der Waals surface area contributed by atoms with E-state index in [4.69, 9.17) is 10.5 Å². The van der Waals surface area contributed by atoms with Gasteiger partial charge in [0.25, 0.3) is 5.91 Å². The highest BCUT2D eigenvalue weighted by Crippen LogP contribution is 2.42. The topological polar surface area (TPSA) is 117 Å². The van der Waals surface area contributed by atoms with Gasteiger partial charge in [-0.2, -0.15) is 0 Å². The summed E-state index contributed by atoms with van der Waals surface area (Å²) in [4.78, 5) is 46.9. The molecule has 1 aromatic rings. The summed E-state index contributed by atoms with van der Waals surface area (Å²) in [6.45, 7) is 11.3. The van der Waals surface area contributed by atoms with E-state index >= 15 is 0 Å². The first kappa shape index (κ1) is 27.0. The summed E-state index contributed by atoms with van der Waals surface area (Å²) in [5.41, 5.74) is 7.60. The number of imide groups is 1. The predicted molar refractivity (Wildman–Crippen MR) is 141 cm³/mol. The Labute approximate surface area is 221 Å². The van der Waals surface area contributed by atoms with Gasteiger partial charge in [-0.1, -0.05) is 43.0 Å². The van der Waals surface area contributed by atoms with Crippen molar-refractivity contribution in [3.05, 3.63) is 83.9 Å². The number of aliphatic imine (C=N–C) groups is 1. The minimum absolute atomic E-state index is 0.0301. The number of halogens is 1. The van der Waals surface area contributed by atoms with Gasteiger partial charge in [-0.05, 0) is 30.2 Å². The number of hydrogen-bond acceptors (Lipinski definition) is 7. The van der Waals surface area contributed by atoms with Crippen LogP contribution in [0.4, 0.5) is 9.18 Å². The lowest BCUT2D eigenvalue weighted by molar-refractivity contribution is -0.136. The Balaban J connectivity index is 1.51. The first-order chi connectivity index (χ1) is 18.2. The summed E-state index contributed by atoms with van der Waals surface area (Å²) in [5, 5.41) is 3.21. The summed E-state index contributed by atoms with van der Waals surface area (Å²) in [7, 11) is 0. The maximum atomic E-state index is 13.9. The molecule has 3 amide bonds. The molecule has 3 aliphatic heterocycles. The molecule has 2 atom stereocenters. The predicted octanol–water partition coefficient (Wildman–Crippen LogP) is 2.32. The Morgan fingerprint density at radius 3 is 2.61 bits per heavy atom. The monoisotopic (exact) mass is 521 g/mol. The zero-order chi connectivity index (χ0) is 27.4. The summed E-state index contributed by atoms with van der Waals surface area (Å²) < 4.78 is 18.4. The zero-order valence-electron chi connectivity index (χ0n) is 21.4. The quantitative estimate of drug-likeness (QED) is 0.308. The molecule has 0 unspecified atom stereocenters. The average molecular weight is 522 g/mol. The fraction of sp³-hybridized carbons (Fsp3) is 0.357. The highest BCUT2D eigenvalue weighted by atomic mass is 19.1. The Kier molecular flexibility index (Phi) is 7.91. The van der Waals surface area contributed by atoms with E-state index in [1.807, 2.05) is 0 Å². The molecule has 3 heterocycles. The third-order valence-corrected chi connectivity index (χ3v) is 7.29. The summed E-state index contributed by atoms with van der Waals surface area (Å²) in [6, 6.07) is 5.31. The maximum Gasteiger partial charge on any atom is 0.417 e. The second kappa shape index (κ2) is 11.1. The van der Waals surface area contributed by atoms with E-state index in [-0.39, 0.29) is 42.9 Å². The molecule has 0 bridgehead atoms. The Hall–Kier alpha value is -4.05. The van der Waals surface area contributed by atoms with Crippen LogP contribution in [0.25, 0.3) is 0 Å². The number of carbonyl (C=O) groups is 3. The molecule has 10 heteroatoms. The maximum absolute atomic E-state index is 13.9. The number of nitrogens with one attached hydrogen (secondary N) is 1. The zero-order valence-corrected chi connectivity index (χ0v) is 21.4. The summed E-state index contributed by atoms with van der Waals surface area (Å²) >= 11 is 0. The lowest BCUT2D eigenvalue weighted by Gasteiger charge is -2.43. The molecule has 1 aromatic carbocycles. The number of allylic oxidation sites excluding steroid dienone is 2. The Morgan fingerprint density at radius 1 is 1.32 bits per heavy atom. The third kappa shape index (κ3) is 5.17. The Bertz CT molecular complexity index is 1230. The van der Waals surface area contributed by atoms with Crippen molar-refractivity contribution in [3.8, 4) is 0 Å². The minimum Gasteiger partial charge on any atom is -0.446 e. The molecule has 38 heavy (non-hydrogen) atoms. The first-order valence-electron chi connectivity index (χ1n) is 12.3.